The Morgan fingerprint density at radius 2 is 1.97 bits per heavy atom. The van der Waals surface area contributed by atoms with Crippen molar-refractivity contribution in [1.29, 1.82) is 0 Å². The highest BCUT2D eigenvalue weighted by atomic mass is 32.2. The number of halogens is 3. The maximum absolute atomic E-state index is 12.9. The van der Waals surface area contributed by atoms with Gasteiger partial charge in [-0.2, -0.15) is 0 Å². The van der Waals surface area contributed by atoms with Gasteiger partial charge >= 0.3 is 6.36 Å². The van der Waals surface area contributed by atoms with E-state index in [0.29, 0.717) is 19.4 Å². The number of carbonyl (C=O) groups is 2. The Labute approximate surface area is 190 Å². The maximum Gasteiger partial charge on any atom is 0.573 e. The van der Waals surface area contributed by atoms with Gasteiger partial charge in [-0.05, 0) is 18.9 Å². The number of hydrogen-bond acceptors (Lipinski definition) is 5. The first kappa shape index (κ1) is 26.4. The first-order valence-corrected chi connectivity index (χ1v) is 12.2. The van der Waals surface area contributed by atoms with E-state index < -0.39 is 39.2 Å². The number of piperidine rings is 1. The third kappa shape index (κ3) is 7.92. The van der Waals surface area contributed by atoms with E-state index in [4.69, 9.17) is 6.57 Å². The van der Waals surface area contributed by atoms with Crippen LogP contribution in [0, 0.1) is 17.9 Å². The van der Waals surface area contributed by atoms with Crippen molar-refractivity contribution in [2.45, 2.75) is 39.6 Å². The number of benzene rings is 1. The van der Waals surface area contributed by atoms with Crippen molar-refractivity contribution in [2.24, 2.45) is 11.3 Å². The van der Waals surface area contributed by atoms with Crippen molar-refractivity contribution in [3.8, 4) is 5.75 Å². The third-order valence-corrected chi connectivity index (χ3v) is 6.39. The van der Waals surface area contributed by atoms with Crippen LogP contribution in [0.4, 0.5) is 18.9 Å². The van der Waals surface area contributed by atoms with Gasteiger partial charge in [0.15, 0.2) is 5.69 Å². The lowest BCUT2D eigenvalue weighted by Crippen LogP contribution is -2.50. The van der Waals surface area contributed by atoms with Crippen LogP contribution in [0.3, 0.4) is 0 Å². The second-order valence-corrected chi connectivity index (χ2v) is 10.9. The van der Waals surface area contributed by atoms with Crippen molar-refractivity contribution in [3.63, 3.8) is 0 Å². The van der Waals surface area contributed by atoms with E-state index in [0.717, 1.165) is 12.3 Å². The molecule has 33 heavy (non-hydrogen) atoms. The first-order valence-electron chi connectivity index (χ1n) is 10.1. The summed E-state index contributed by atoms with van der Waals surface area (Å²) in [6.45, 7) is 10.2. The number of nitrogens with zero attached hydrogens (tertiary/aromatic N) is 2. The zero-order valence-corrected chi connectivity index (χ0v) is 19.3. The van der Waals surface area contributed by atoms with Gasteiger partial charge in [-0.1, -0.05) is 26.0 Å². The standard InChI is InChI=1S/C21H26F3N3O5S/c1-20(2,13-33(4,30)31)19(29)27-9-5-6-15(12-27)18(28)26-11-14-7-8-16(25-3)10-17(14)32-21(22,23)24/h7-8,10,15H,5-6,9,11-13H2,1-2,4H3,(H,26,28)/t15-/m1/s1. The number of likely N-dealkylation sites (tertiary alicyclic amines) is 1. The van der Waals surface area contributed by atoms with E-state index in [1.54, 1.807) is 0 Å². The molecule has 1 aromatic rings. The van der Waals surface area contributed by atoms with E-state index in [1.165, 1.54) is 30.9 Å². The van der Waals surface area contributed by atoms with Gasteiger partial charge in [0.1, 0.15) is 15.6 Å². The number of sulfone groups is 1. The lowest BCUT2D eigenvalue weighted by Gasteiger charge is -2.37. The van der Waals surface area contributed by atoms with E-state index in [9.17, 15) is 31.2 Å². The van der Waals surface area contributed by atoms with Gasteiger partial charge in [0.25, 0.3) is 0 Å². The normalized spacial score (nSPS) is 17.2. The summed E-state index contributed by atoms with van der Waals surface area (Å²) in [7, 11) is -3.39. The molecular weight excluding hydrogens is 463 g/mol. The molecule has 0 aliphatic carbocycles. The minimum atomic E-state index is -4.96. The molecule has 0 unspecified atom stereocenters. The van der Waals surface area contributed by atoms with Crippen LogP contribution in [0.25, 0.3) is 4.85 Å². The van der Waals surface area contributed by atoms with Gasteiger partial charge in [0, 0.05) is 31.5 Å². The number of ether oxygens (including phenoxy) is 1. The number of nitrogens with one attached hydrogen (secondary N) is 1. The molecule has 2 amide bonds. The molecular formula is C21H26F3N3O5S. The van der Waals surface area contributed by atoms with Crippen LogP contribution in [-0.4, -0.2) is 56.6 Å². The molecule has 8 nitrogen and oxygen atoms in total. The average Bonchev–Trinajstić information content (AvgIpc) is 2.69. The summed E-state index contributed by atoms with van der Waals surface area (Å²) >= 11 is 0. The number of carbonyl (C=O) groups excluding carboxylic acids is 2. The van der Waals surface area contributed by atoms with E-state index in [1.807, 2.05) is 0 Å². The number of amides is 2. The SMILES string of the molecule is [C-]#[N+]c1ccc(CNC(=O)[C@@H]2CCCN(C(=O)C(C)(C)CS(C)(=O)=O)C2)c(OC(F)(F)F)c1. The second-order valence-electron chi connectivity index (χ2n) is 8.71. The molecule has 182 valence electrons. The van der Waals surface area contributed by atoms with Crippen LogP contribution in [0.2, 0.25) is 0 Å². The minimum absolute atomic E-state index is 0.0394. The maximum atomic E-state index is 12.9. The Bertz CT molecular complexity index is 1050. The second kappa shape index (κ2) is 9.99. The minimum Gasteiger partial charge on any atom is -0.407 e. The van der Waals surface area contributed by atoms with Crippen molar-refractivity contribution in [1.82, 2.24) is 10.2 Å². The molecule has 1 aromatic carbocycles. The lowest BCUT2D eigenvalue weighted by molar-refractivity contribution is -0.274. The largest absolute Gasteiger partial charge is 0.573 e. The molecule has 0 saturated carbocycles. The fraction of sp³-hybridized carbons (Fsp3) is 0.571. The van der Waals surface area contributed by atoms with Crippen molar-refractivity contribution >= 4 is 27.3 Å². The Balaban J connectivity index is 2.06. The third-order valence-electron chi connectivity index (χ3n) is 5.14. The molecule has 1 heterocycles. The molecule has 12 heteroatoms. The predicted octanol–water partition coefficient (Wildman–Crippen LogP) is 3.06. The number of alkyl halides is 3. The van der Waals surface area contributed by atoms with Crippen LogP contribution >= 0.6 is 0 Å². The molecule has 0 aromatic heterocycles. The van der Waals surface area contributed by atoms with Crippen LogP contribution in [-0.2, 0) is 26.0 Å². The highest BCUT2D eigenvalue weighted by Gasteiger charge is 2.38. The Morgan fingerprint density at radius 1 is 1.30 bits per heavy atom. The summed E-state index contributed by atoms with van der Waals surface area (Å²) in [4.78, 5) is 30.1. The Kier molecular flexibility index (Phi) is 8.00. The molecule has 0 radical (unpaired) electrons. The Hall–Kier alpha value is -2.81. The van der Waals surface area contributed by atoms with Crippen molar-refractivity contribution in [2.75, 3.05) is 25.1 Å². The fourth-order valence-corrected chi connectivity index (χ4v) is 5.26. The molecule has 1 aliphatic heterocycles. The molecule has 2 rings (SSSR count). The molecule has 1 aliphatic rings. The van der Waals surface area contributed by atoms with Crippen LogP contribution in [0.5, 0.6) is 5.75 Å². The topological polar surface area (TPSA) is 97.1 Å². The van der Waals surface area contributed by atoms with Gasteiger partial charge in [0.2, 0.25) is 11.8 Å². The summed E-state index contributed by atoms with van der Waals surface area (Å²) in [6, 6.07) is 3.55. The quantitative estimate of drug-likeness (QED) is 0.594. The zero-order chi connectivity index (χ0) is 25.0. The van der Waals surface area contributed by atoms with Gasteiger partial charge in [-0.25, -0.2) is 13.3 Å². The summed E-state index contributed by atoms with van der Waals surface area (Å²) in [5, 5.41) is 2.57. The Morgan fingerprint density at radius 3 is 2.55 bits per heavy atom. The smallest absolute Gasteiger partial charge is 0.407 e. The molecule has 1 atom stereocenters. The predicted molar refractivity (Wildman–Crippen MR) is 114 cm³/mol. The van der Waals surface area contributed by atoms with Gasteiger partial charge in [-0.3, -0.25) is 9.59 Å². The highest BCUT2D eigenvalue weighted by Crippen LogP contribution is 2.31. The molecule has 1 N–H and O–H groups in total. The zero-order valence-electron chi connectivity index (χ0n) is 18.5. The molecule has 0 bridgehead atoms. The van der Waals surface area contributed by atoms with Gasteiger partial charge < -0.3 is 15.0 Å². The van der Waals surface area contributed by atoms with E-state index in [2.05, 4.69) is 14.9 Å². The summed E-state index contributed by atoms with van der Waals surface area (Å²) in [5.74, 6) is -2.30. The number of rotatable bonds is 7. The number of hydrogen-bond donors (Lipinski definition) is 1. The van der Waals surface area contributed by atoms with Crippen LogP contribution in [0.1, 0.15) is 32.3 Å². The fourth-order valence-electron chi connectivity index (χ4n) is 3.83. The van der Waals surface area contributed by atoms with Crippen molar-refractivity contribution < 1.29 is 35.9 Å². The lowest BCUT2D eigenvalue weighted by atomic mass is 9.90. The van der Waals surface area contributed by atoms with Gasteiger partial charge in [-0.15, -0.1) is 13.2 Å². The highest BCUT2D eigenvalue weighted by molar-refractivity contribution is 7.90. The van der Waals surface area contributed by atoms with Crippen molar-refractivity contribution in [3.05, 3.63) is 35.2 Å². The monoisotopic (exact) mass is 489 g/mol. The summed E-state index contributed by atoms with van der Waals surface area (Å²) in [6.07, 6.45) is -2.90. The first-order chi connectivity index (χ1) is 15.1. The van der Waals surface area contributed by atoms with E-state index in [-0.39, 0.29) is 36.0 Å². The van der Waals surface area contributed by atoms with Gasteiger partial charge in [0.05, 0.1) is 23.7 Å². The molecule has 1 saturated heterocycles. The average molecular weight is 490 g/mol. The summed E-state index contributed by atoms with van der Waals surface area (Å²) in [5.41, 5.74) is -1.14. The van der Waals surface area contributed by atoms with E-state index >= 15 is 0 Å². The molecule has 0 spiro atoms. The summed E-state index contributed by atoms with van der Waals surface area (Å²) < 4.78 is 65.4. The molecule has 1 fully saturated rings. The van der Waals surface area contributed by atoms with Crippen LogP contribution in [0.15, 0.2) is 18.2 Å². The van der Waals surface area contributed by atoms with Crippen LogP contribution < -0.4 is 10.1 Å².